The number of aromatic nitrogens is 5. The van der Waals surface area contributed by atoms with Crippen LogP contribution in [0.3, 0.4) is 0 Å². The van der Waals surface area contributed by atoms with Crippen LogP contribution in [-0.2, 0) is 0 Å². The summed E-state index contributed by atoms with van der Waals surface area (Å²) in [4.78, 5) is 4.18. The van der Waals surface area contributed by atoms with Crippen molar-refractivity contribution in [2.45, 2.75) is 0 Å². The molecule has 0 saturated carbocycles. The molecule has 1 aromatic carbocycles. The van der Waals surface area contributed by atoms with Crippen molar-refractivity contribution in [1.82, 2.24) is 25.6 Å². The number of nitrogens with two attached hydrogens (primary N) is 1. The topological polar surface area (TPSA) is 107 Å². The fraction of sp³-hybridized carbons (Fsp3) is 0. The van der Waals surface area contributed by atoms with Gasteiger partial charge in [0.25, 0.3) is 5.89 Å². The number of rotatable bonds is 2. The third-order valence-electron chi connectivity index (χ3n) is 2.40. The first kappa shape index (κ1) is 11.9. The van der Waals surface area contributed by atoms with Crippen molar-refractivity contribution in [3.8, 4) is 23.0 Å². The summed E-state index contributed by atoms with van der Waals surface area (Å²) in [7, 11) is 0. The van der Waals surface area contributed by atoms with Crippen LogP contribution in [-0.4, -0.2) is 25.6 Å². The summed E-state index contributed by atoms with van der Waals surface area (Å²) in [5.41, 5.74) is 7.02. The van der Waals surface area contributed by atoms with Crippen LogP contribution >= 0.6 is 23.2 Å². The van der Waals surface area contributed by atoms with E-state index < -0.39 is 0 Å². The number of H-pyrrole nitrogens is 1. The van der Waals surface area contributed by atoms with Gasteiger partial charge in [-0.1, -0.05) is 28.4 Å². The fourth-order valence-corrected chi connectivity index (χ4v) is 1.95. The lowest BCUT2D eigenvalue weighted by atomic mass is 10.2. The number of benzene rings is 1. The molecular weight excluding hydrogens is 291 g/mol. The lowest BCUT2D eigenvalue weighted by Crippen LogP contribution is -1.89. The molecule has 0 unspecified atom stereocenters. The zero-order valence-electron chi connectivity index (χ0n) is 9.26. The van der Waals surface area contributed by atoms with Gasteiger partial charge in [-0.15, -0.1) is 0 Å². The molecule has 0 aliphatic carbocycles. The first-order valence-electron chi connectivity index (χ1n) is 5.10. The van der Waals surface area contributed by atoms with Crippen molar-refractivity contribution >= 4 is 28.9 Å². The maximum Gasteiger partial charge on any atom is 0.258 e. The van der Waals surface area contributed by atoms with Gasteiger partial charge >= 0.3 is 0 Å². The van der Waals surface area contributed by atoms with Crippen molar-refractivity contribution in [2.75, 3.05) is 5.73 Å². The van der Waals surface area contributed by atoms with Gasteiger partial charge in [-0.2, -0.15) is 20.4 Å². The molecule has 0 radical (unpaired) electrons. The minimum atomic E-state index is 0.266. The Kier molecular flexibility index (Phi) is 2.84. The normalized spacial score (nSPS) is 10.8. The number of nitrogens with zero attached hydrogens (tertiary/aromatic N) is 4. The molecule has 3 N–H and O–H groups in total. The number of halogens is 2. The summed E-state index contributed by atoms with van der Waals surface area (Å²) >= 11 is 11.9. The SMILES string of the molecule is Nc1c(Cl)cc(-c2nc(-c3cn[nH]n3)no2)cc1Cl. The second-order valence-electron chi connectivity index (χ2n) is 3.63. The van der Waals surface area contributed by atoms with Gasteiger partial charge in [-0.05, 0) is 12.1 Å². The van der Waals surface area contributed by atoms with E-state index >= 15 is 0 Å². The summed E-state index contributed by atoms with van der Waals surface area (Å²) in [5.74, 6) is 0.578. The minimum absolute atomic E-state index is 0.266. The van der Waals surface area contributed by atoms with Crippen LogP contribution in [0.2, 0.25) is 10.0 Å². The average Bonchev–Trinajstić information content (AvgIpc) is 3.05. The standard InChI is InChI=1S/C10H6Cl2N6O/c11-5-1-4(2-6(12)8(5)13)10-15-9(17-19-10)7-3-14-18-16-7/h1-3H,13H2,(H,14,16,18). The van der Waals surface area contributed by atoms with Gasteiger partial charge in [-0.3, -0.25) is 0 Å². The quantitative estimate of drug-likeness (QED) is 0.703. The molecule has 9 heteroatoms. The summed E-state index contributed by atoms with van der Waals surface area (Å²) in [6, 6.07) is 3.20. The molecule has 3 rings (SSSR count). The van der Waals surface area contributed by atoms with Gasteiger partial charge in [0.15, 0.2) is 5.69 Å². The van der Waals surface area contributed by atoms with E-state index in [1.807, 2.05) is 0 Å². The molecule has 0 atom stereocenters. The molecule has 0 saturated heterocycles. The predicted molar refractivity (Wildman–Crippen MR) is 69.5 cm³/mol. The van der Waals surface area contributed by atoms with Gasteiger partial charge in [0.1, 0.15) is 0 Å². The summed E-state index contributed by atoms with van der Waals surface area (Å²) in [5, 5.41) is 14.4. The zero-order chi connectivity index (χ0) is 13.4. The van der Waals surface area contributed by atoms with E-state index in [0.29, 0.717) is 32.8 Å². The second-order valence-corrected chi connectivity index (χ2v) is 4.45. The van der Waals surface area contributed by atoms with Gasteiger partial charge in [0.2, 0.25) is 5.82 Å². The Balaban J connectivity index is 2.04. The second kappa shape index (κ2) is 4.52. The third-order valence-corrected chi connectivity index (χ3v) is 3.02. The van der Waals surface area contributed by atoms with E-state index in [2.05, 4.69) is 25.6 Å². The highest BCUT2D eigenvalue weighted by atomic mass is 35.5. The number of nitrogen functional groups attached to an aromatic ring is 1. The Labute approximate surface area is 116 Å². The van der Waals surface area contributed by atoms with Crippen molar-refractivity contribution in [3.63, 3.8) is 0 Å². The molecule has 0 spiro atoms. The van der Waals surface area contributed by atoms with Gasteiger partial charge in [0, 0.05) is 5.56 Å². The van der Waals surface area contributed by atoms with Crippen LogP contribution in [0.15, 0.2) is 22.9 Å². The minimum Gasteiger partial charge on any atom is -0.396 e. The molecule has 0 amide bonds. The highest BCUT2D eigenvalue weighted by Gasteiger charge is 2.14. The molecule has 96 valence electrons. The third kappa shape index (κ3) is 2.13. The van der Waals surface area contributed by atoms with Gasteiger partial charge in [-0.25, -0.2) is 0 Å². The van der Waals surface area contributed by atoms with Crippen LogP contribution in [0.25, 0.3) is 23.0 Å². The molecule has 0 aliphatic rings. The van der Waals surface area contributed by atoms with Crippen molar-refractivity contribution in [2.24, 2.45) is 0 Å². The molecule has 0 bridgehead atoms. The van der Waals surface area contributed by atoms with Crippen LogP contribution in [0, 0.1) is 0 Å². The van der Waals surface area contributed by atoms with Crippen molar-refractivity contribution in [1.29, 1.82) is 0 Å². The Morgan fingerprint density at radius 2 is 1.95 bits per heavy atom. The molecule has 0 fully saturated rings. The Morgan fingerprint density at radius 3 is 2.58 bits per heavy atom. The monoisotopic (exact) mass is 296 g/mol. The maximum absolute atomic E-state index is 5.95. The first-order valence-corrected chi connectivity index (χ1v) is 5.85. The van der Waals surface area contributed by atoms with Crippen molar-refractivity contribution < 1.29 is 4.52 Å². The Bertz CT molecular complexity index is 700. The van der Waals surface area contributed by atoms with Crippen LogP contribution < -0.4 is 5.73 Å². The smallest absolute Gasteiger partial charge is 0.258 e. The molecule has 2 aromatic heterocycles. The van der Waals surface area contributed by atoms with Crippen LogP contribution in [0.5, 0.6) is 0 Å². The number of hydrogen-bond donors (Lipinski definition) is 2. The molecular formula is C10H6Cl2N6O. The van der Waals surface area contributed by atoms with E-state index in [0.717, 1.165) is 0 Å². The zero-order valence-corrected chi connectivity index (χ0v) is 10.8. The molecule has 3 aromatic rings. The highest BCUT2D eigenvalue weighted by molar-refractivity contribution is 6.39. The Morgan fingerprint density at radius 1 is 1.21 bits per heavy atom. The molecule has 19 heavy (non-hydrogen) atoms. The largest absolute Gasteiger partial charge is 0.396 e. The van der Waals surface area contributed by atoms with Gasteiger partial charge in [0.05, 0.1) is 21.9 Å². The van der Waals surface area contributed by atoms with E-state index in [1.165, 1.54) is 6.20 Å². The Hall–Kier alpha value is -2.12. The van der Waals surface area contributed by atoms with E-state index in [1.54, 1.807) is 12.1 Å². The highest BCUT2D eigenvalue weighted by Crippen LogP contribution is 2.33. The first-order chi connectivity index (χ1) is 9.15. The molecule has 7 nitrogen and oxygen atoms in total. The lowest BCUT2D eigenvalue weighted by Gasteiger charge is -2.02. The summed E-state index contributed by atoms with van der Waals surface area (Å²) in [6.07, 6.45) is 1.48. The number of aromatic amines is 1. The maximum atomic E-state index is 5.95. The van der Waals surface area contributed by atoms with E-state index in [9.17, 15) is 0 Å². The number of hydrogen-bond acceptors (Lipinski definition) is 6. The van der Waals surface area contributed by atoms with Crippen LogP contribution in [0.1, 0.15) is 0 Å². The van der Waals surface area contributed by atoms with E-state index in [4.69, 9.17) is 33.5 Å². The predicted octanol–water partition coefficient (Wildman–Crippen LogP) is 2.41. The molecule has 0 aliphatic heterocycles. The van der Waals surface area contributed by atoms with E-state index in [-0.39, 0.29) is 5.89 Å². The number of nitrogens with one attached hydrogen (secondary N) is 1. The number of anilines is 1. The van der Waals surface area contributed by atoms with Crippen molar-refractivity contribution in [3.05, 3.63) is 28.4 Å². The summed E-state index contributed by atoms with van der Waals surface area (Å²) in [6.45, 7) is 0. The van der Waals surface area contributed by atoms with Gasteiger partial charge < -0.3 is 10.3 Å². The van der Waals surface area contributed by atoms with Crippen LogP contribution in [0.4, 0.5) is 5.69 Å². The fourth-order valence-electron chi connectivity index (χ4n) is 1.46. The average molecular weight is 297 g/mol. The summed E-state index contributed by atoms with van der Waals surface area (Å²) < 4.78 is 5.12. The molecule has 2 heterocycles. The lowest BCUT2D eigenvalue weighted by molar-refractivity contribution is 0.432.